The third-order valence-corrected chi connectivity index (χ3v) is 1.73. The fourth-order valence-electron chi connectivity index (χ4n) is 1.04. The smallest absolute Gasteiger partial charge is 0.290 e. The average Bonchev–Trinajstić information content (AvgIpc) is 2.14. The van der Waals surface area contributed by atoms with Crippen molar-refractivity contribution in [1.82, 2.24) is 4.98 Å². The van der Waals surface area contributed by atoms with Gasteiger partial charge in [-0.3, -0.25) is 10.1 Å². The van der Waals surface area contributed by atoms with Crippen LogP contribution >= 0.6 is 0 Å². The van der Waals surface area contributed by atoms with Gasteiger partial charge in [0.2, 0.25) is 0 Å². The first-order chi connectivity index (χ1) is 6.65. The van der Waals surface area contributed by atoms with Gasteiger partial charge in [0.15, 0.2) is 0 Å². The highest BCUT2D eigenvalue weighted by Gasteiger charge is 2.09. The minimum Gasteiger partial charge on any atom is -0.327 e. The van der Waals surface area contributed by atoms with Gasteiger partial charge in [-0.15, -0.1) is 0 Å². The number of aromatic nitrogens is 1. The summed E-state index contributed by atoms with van der Waals surface area (Å²) in [5.74, 6) is 0. The Morgan fingerprint density at radius 2 is 2.43 bits per heavy atom. The van der Waals surface area contributed by atoms with Gasteiger partial charge in [-0.1, -0.05) is 6.08 Å². The quantitative estimate of drug-likeness (QED) is 0.578. The molecular formula is C9H11N3O2. The van der Waals surface area contributed by atoms with E-state index < -0.39 is 4.92 Å². The minimum absolute atomic E-state index is 0.0369. The summed E-state index contributed by atoms with van der Waals surface area (Å²) in [5, 5.41) is 10.5. The molecule has 0 amide bonds. The van der Waals surface area contributed by atoms with E-state index in [1.165, 1.54) is 6.20 Å². The summed E-state index contributed by atoms with van der Waals surface area (Å²) in [6.07, 6.45) is 4.73. The van der Waals surface area contributed by atoms with Crippen LogP contribution in [0.3, 0.4) is 0 Å². The molecule has 0 aliphatic rings. The molecule has 5 nitrogen and oxygen atoms in total. The molecule has 1 heterocycles. The molecule has 14 heavy (non-hydrogen) atoms. The predicted octanol–water partition coefficient (Wildman–Crippen LogP) is 1.27. The summed E-state index contributed by atoms with van der Waals surface area (Å²) in [7, 11) is 0. The molecule has 1 aromatic rings. The van der Waals surface area contributed by atoms with E-state index >= 15 is 0 Å². The van der Waals surface area contributed by atoms with Crippen LogP contribution in [0, 0.1) is 17.0 Å². The second-order valence-corrected chi connectivity index (χ2v) is 2.79. The lowest BCUT2D eigenvalue weighted by Crippen LogP contribution is -1.95. The van der Waals surface area contributed by atoms with Crippen molar-refractivity contribution in [3.63, 3.8) is 0 Å². The van der Waals surface area contributed by atoms with E-state index in [-0.39, 0.29) is 5.69 Å². The Morgan fingerprint density at radius 3 is 2.93 bits per heavy atom. The summed E-state index contributed by atoms with van der Waals surface area (Å²) in [6.45, 7) is 2.11. The molecule has 0 saturated carbocycles. The third-order valence-electron chi connectivity index (χ3n) is 1.73. The van der Waals surface area contributed by atoms with Gasteiger partial charge < -0.3 is 5.73 Å². The van der Waals surface area contributed by atoms with E-state index in [0.29, 0.717) is 17.8 Å². The van der Waals surface area contributed by atoms with E-state index in [1.54, 1.807) is 25.1 Å². The molecular weight excluding hydrogens is 182 g/mol. The third kappa shape index (κ3) is 2.37. The number of nitrogens with two attached hydrogens (primary N) is 1. The van der Waals surface area contributed by atoms with Gasteiger partial charge in [-0.2, -0.15) is 0 Å². The fourth-order valence-corrected chi connectivity index (χ4v) is 1.04. The molecule has 74 valence electrons. The number of pyridine rings is 1. The second kappa shape index (κ2) is 4.48. The van der Waals surface area contributed by atoms with Crippen LogP contribution in [0.4, 0.5) is 5.69 Å². The van der Waals surface area contributed by atoms with Crippen LogP contribution in [-0.2, 0) is 0 Å². The Morgan fingerprint density at radius 1 is 1.71 bits per heavy atom. The lowest BCUT2D eigenvalue weighted by molar-refractivity contribution is -0.385. The molecule has 0 bridgehead atoms. The van der Waals surface area contributed by atoms with Gasteiger partial charge in [0, 0.05) is 12.1 Å². The minimum atomic E-state index is -0.446. The normalized spacial score (nSPS) is 10.7. The van der Waals surface area contributed by atoms with Gasteiger partial charge >= 0.3 is 0 Å². The number of aryl methyl sites for hydroxylation is 1. The van der Waals surface area contributed by atoms with Crippen LogP contribution in [0.5, 0.6) is 0 Å². The van der Waals surface area contributed by atoms with Gasteiger partial charge in [0.25, 0.3) is 5.69 Å². The SMILES string of the molecule is Cc1cc(C=CCN)ncc1[N+](=O)[O-]. The van der Waals surface area contributed by atoms with Crippen molar-refractivity contribution in [3.05, 3.63) is 39.7 Å². The van der Waals surface area contributed by atoms with E-state index in [2.05, 4.69) is 4.98 Å². The van der Waals surface area contributed by atoms with Crippen molar-refractivity contribution in [2.45, 2.75) is 6.92 Å². The van der Waals surface area contributed by atoms with Crippen LogP contribution < -0.4 is 5.73 Å². The Labute approximate surface area is 81.4 Å². The van der Waals surface area contributed by atoms with Gasteiger partial charge in [-0.25, -0.2) is 4.98 Å². The first kappa shape index (κ1) is 10.3. The first-order valence-corrected chi connectivity index (χ1v) is 4.13. The molecule has 0 aliphatic carbocycles. The molecule has 5 heteroatoms. The van der Waals surface area contributed by atoms with Crippen molar-refractivity contribution < 1.29 is 4.92 Å². The van der Waals surface area contributed by atoms with Crippen LogP contribution in [0.15, 0.2) is 18.3 Å². The second-order valence-electron chi connectivity index (χ2n) is 2.79. The molecule has 0 aromatic carbocycles. The Kier molecular flexibility index (Phi) is 3.30. The maximum Gasteiger partial charge on any atom is 0.290 e. The average molecular weight is 193 g/mol. The lowest BCUT2D eigenvalue weighted by atomic mass is 10.2. The van der Waals surface area contributed by atoms with Gasteiger partial charge in [0.1, 0.15) is 6.20 Å². The van der Waals surface area contributed by atoms with E-state index in [0.717, 1.165) is 0 Å². The zero-order chi connectivity index (χ0) is 10.6. The number of hydrogen-bond acceptors (Lipinski definition) is 4. The molecule has 0 saturated heterocycles. The molecule has 0 aliphatic heterocycles. The summed E-state index contributed by atoms with van der Waals surface area (Å²) >= 11 is 0. The van der Waals surface area contributed by atoms with Gasteiger partial charge in [0.05, 0.1) is 10.6 Å². The Balaban J connectivity index is 3.00. The maximum absolute atomic E-state index is 10.5. The van der Waals surface area contributed by atoms with Crippen molar-refractivity contribution in [2.75, 3.05) is 6.54 Å². The number of rotatable bonds is 3. The van der Waals surface area contributed by atoms with Crippen LogP contribution in [0.25, 0.3) is 6.08 Å². The summed E-state index contributed by atoms with van der Waals surface area (Å²) in [5.41, 5.74) is 6.58. The molecule has 1 rings (SSSR count). The Hall–Kier alpha value is -1.75. The zero-order valence-electron chi connectivity index (χ0n) is 7.80. The lowest BCUT2D eigenvalue weighted by Gasteiger charge is -1.97. The molecule has 0 spiro atoms. The highest BCUT2D eigenvalue weighted by molar-refractivity contribution is 5.49. The topological polar surface area (TPSA) is 82.0 Å². The molecule has 0 fully saturated rings. The highest BCUT2D eigenvalue weighted by Crippen LogP contribution is 2.16. The summed E-state index contributed by atoms with van der Waals surface area (Å²) < 4.78 is 0. The summed E-state index contributed by atoms with van der Waals surface area (Å²) in [6, 6.07) is 1.66. The number of hydrogen-bond donors (Lipinski definition) is 1. The first-order valence-electron chi connectivity index (χ1n) is 4.13. The molecule has 1 aromatic heterocycles. The molecule has 0 unspecified atom stereocenters. The fraction of sp³-hybridized carbons (Fsp3) is 0.222. The van der Waals surface area contributed by atoms with Crippen molar-refractivity contribution >= 4 is 11.8 Å². The van der Waals surface area contributed by atoms with E-state index in [1.807, 2.05) is 0 Å². The predicted molar refractivity (Wildman–Crippen MR) is 53.7 cm³/mol. The van der Waals surface area contributed by atoms with Crippen molar-refractivity contribution in [3.8, 4) is 0 Å². The van der Waals surface area contributed by atoms with E-state index in [4.69, 9.17) is 5.73 Å². The van der Waals surface area contributed by atoms with Crippen molar-refractivity contribution in [1.29, 1.82) is 0 Å². The standard InChI is InChI=1S/C9H11N3O2/c1-7-5-8(3-2-4-10)11-6-9(7)12(13)14/h2-3,5-6H,4,10H2,1H3. The summed E-state index contributed by atoms with van der Waals surface area (Å²) in [4.78, 5) is 13.9. The monoisotopic (exact) mass is 193 g/mol. The van der Waals surface area contributed by atoms with Crippen molar-refractivity contribution in [2.24, 2.45) is 5.73 Å². The number of nitro groups is 1. The van der Waals surface area contributed by atoms with Crippen LogP contribution in [0.2, 0.25) is 0 Å². The zero-order valence-corrected chi connectivity index (χ0v) is 7.80. The van der Waals surface area contributed by atoms with Gasteiger partial charge in [-0.05, 0) is 19.1 Å². The number of nitrogens with zero attached hydrogens (tertiary/aromatic N) is 2. The largest absolute Gasteiger partial charge is 0.327 e. The van der Waals surface area contributed by atoms with Crippen LogP contribution in [-0.4, -0.2) is 16.5 Å². The molecule has 0 radical (unpaired) electrons. The molecule has 2 N–H and O–H groups in total. The van der Waals surface area contributed by atoms with Crippen LogP contribution in [0.1, 0.15) is 11.3 Å². The maximum atomic E-state index is 10.5. The molecule has 0 atom stereocenters. The Bertz CT molecular complexity index is 374. The highest BCUT2D eigenvalue weighted by atomic mass is 16.6. The van der Waals surface area contributed by atoms with E-state index in [9.17, 15) is 10.1 Å².